The Hall–Kier alpha value is -2.99. The van der Waals surface area contributed by atoms with Crippen LogP contribution in [0.5, 0.6) is 0 Å². The van der Waals surface area contributed by atoms with Crippen molar-refractivity contribution in [2.45, 2.75) is 45.1 Å². The summed E-state index contributed by atoms with van der Waals surface area (Å²) in [6, 6.07) is 12.0. The molecule has 0 bridgehead atoms. The number of carbonyl (C=O) groups excluding carboxylic acids is 2. The molecule has 2 aliphatic rings. The van der Waals surface area contributed by atoms with Crippen LogP contribution in [0.15, 0.2) is 41.8 Å². The number of rotatable bonds is 4. The van der Waals surface area contributed by atoms with Crippen molar-refractivity contribution in [3.63, 3.8) is 0 Å². The minimum Gasteiger partial charge on any atom is -0.452 e. The first-order valence-electron chi connectivity index (χ1n) is 11.2. The maximum atomic E-state index is 13.3. The molecular weight excluding hydrogens is 420 g/mol. The number of para-hydroxylation sites is 1. The van der Waals surface area contributed by atoms with E-state index in [0.29, 0.717) is 5.56 Å². The molecule has 164 valence electrons. The highest BCUT2D eigenvalue weighted by atomic mass is 32.1. The summed E-state index contributed by atoms with van der Waals surface area (Å²) in [5.41, 5.74) is 4.27. The normalized spacial score (nSPS) is 19.3. The van der Waals surface area contributed by atoms with E-state index >= 15 is 0 Å². The van der Waals surface area contributed by atoms with E-state index in [2.05, 4.69) is 24.4 Å². The van der Waals surface area contributed by atoms with E-state index in [-0.39, 0.29) is 18.6 Å². The number of fused-ring (bicyclic) bond motifs is 2. The predicted octanol–water partition coefficient (Wildman–Crippen LogP) is 5.34. The van der Waals surface area contributed by atoms with Gasteiger partial charge in [-0.1, -0.05) is 24.3 Å². The molecule has 32 heavy (non-hydrogen) atoms. The van der Waals surface area contributed by atoms with E-state index in [1.165, 1.54) is 4.88 Å². The lowest BCUT2D eigenvalue weighted by Crippen LogP contribution is -2.44. The molecule has 1 atom stereocenters. The Morgan fingerprint density at radius 3 is 2.88 bits per heavy atom. The number of esters is 1. The van der Waals surface area contributed by atoms with E-state index in [1.807, 2.05) is 35.2 Å². The molecule has 5 rings (SSSR count). The van der Waals surface area contributed by atoms with Crippen LogP contribution >= 0.6 is 11.3 Å². The summed E-state index contributed by atoms with van der Waals surface area (Å²) in [7, 11) is 0. The minimum absolute atomic E-state index is 0.112. The number of thiophene rings is 1. The standard InChI is InChI=1S/C26H26N2O3S/c1-17-7-4-5-13-28(17)23(29)16-31-26(30)24-20-9-2-3-10-22(20)27-25-18(11-12-21(24)25)15-19-8-6-14-32-19/h2-3,6,8-10,14-15,17H,4-5,7,11-13,16H2,1H3/b18-15-. The van der Waals surface area contributed by atoms with Gasteiger partial charge >= 0.3 is 5.97 Å². The van der Waals surface area contributed by atoms with Crippen LogP contribution in [0.2, 0.25) is 0 Å². The molecule has 0 spiro atoms. The molecular formula is C26H26N2O3S. The fourth-order valence-corrected chi connectivity index (χ4v) is 5.49. The van der Waals surface area contributed by atoms with E-state index in [1.54, 1.807) is 11.3 Å². The van der Waals surface area contributed by atoms with E-state index in [9.17, 15) is 9.59 Å². The summed E-state index contributed by atoms with van der Waals surface area (Å²) in [6.45, 7) is 2.58. The Bertz CT molecular complexity index is 1200. The van der Waals surface area contributed by atoms with Crippen molar-refractivity contribution >= 4 is 45.8 Å². The smallest absolute Gasteiger partial charge is 0.339 e. The van der Waals surface area contributed by atoms with Crippen LogP contribution in [0.4, 0.5) is 0 Å². The molecule has 1 aliphatic heterocycles. The molecule has 1 aromatic carbocycles. The summed E-state index contributed by atoms with van der Waals surface area (Å²) in [4.78, 5) is 33.9. The number of likely N-dealkylation sites (tertiary alicyclic amines) is 1. The van der Waals surface area contributed by atoms with Gasteiger partial charge in [0.15, 0.2) is 6.61 Å². The average Bonchev–Trinajstić information content (AvgIpc) is 3.46. The third-order valence-corrected chi connectivity index (χ3v) is 7.27. The number of ether oxygens (including phenoxy) is 1. The second-order valence-corrected chi connectivity index (χ2v) is 9.50. The highest BCUT2D eigenvalue weighted by Crippen LogP contribution is 2.38. The van der Waals surface area contributed by atoms with Gasteiger partial charge in [-0.3, -0.25) is 4.79 Å². The average molecular weight is 447 g/mol. The lowest BCUT2D eigenvalue weighted by Gasteiger charge is -2.33. The quantitative estimate of drug-likeness (QED) is 0.508. The second kappa shape index (κ2) is 8.87. The molecule has 0 saturated carbocycles. The van der Waals surface area contributed by atoms with Crippen LogP contribution < -0.4 is 0 Å². The van der Waals surface area contributed by atoms with Gasteiger partial charge in [0, 0.05) is 22.8 Å². The Balaban J connectivity index is 1.46. The monoisotopic (exact) mass is 446 g/mol. The Kier molecular flexibility index (Phi) is 5.79. The largest absolute Gasteiger partial charge is 0.452 e. The van der Waals surface area contributed by atoms with Gasteiger partial charge in [-0.2, -0.15) is 0 Å². The number of allylic oxidation sites excluding steroid dienone is 1. The fraction of sp³-hybridized carbons (Fsp3) is 0.346. The maximum absolute atomic E-state index is 13.3. The zero-order chi connectivity index (χ0) is 22.1. The molecule has 1 unspecified atom stereocenters. The molecule has 2 aromatic heterocycles. The van der Waals surface area contributed by atoms with Gasteiger partial charge in [0.2, 0.25) is 0 Å². The van der Waals surface area contributed by atoms with Gasteiger partial charge in [-0.25, -0.2) is 9.78 Å². The maximum Gasteiger partial charge on any atom is 0.339 e. The van der Waals surface area contributed by atoms with Crippen LogP contribution in [-0.4, -0.2) is 41.0 Å². The predicted molar refractivity (Wildman–Crippen MR) is 128 cm³/mol. The van der Waals surface area contributed by atoms with Crippen molar-refractivity contribution in [3.8, 4) is 0 Å². The molecule has 1 saturated heterocycles. The second-order valence-electron chi connectivity index (χ2n) is 8.52. The van der Waals surface area contributed by atoms with Crippen LogP contribution in [0.3, 0.4) is 0 Å². The van der Waals surface area contributed by atoms with Crippen LogP contribution in [-0.2, 0) is 16.0 Å². The first-order valence-corrected chi connectivity index (χ1v) is 12.1. The number of benzene rings is 1. The van der Waals surface area contributed by atoms with E-state index in [0.717, 1.165) is 66.4 Å². The molecule has 1 fully saturated rings. The van der Waals surface area contributed by atoms with E-state index in [4.69, 9.17) is 9.72 Å². The molecule has 6 heteroatoms. The third kappa shape index (κ3) is 3.95. The van der Waals surface area contributed by atoms with Gasteiger partial charge in [-0.05, 0) is 73.8 Å². The number of carbonyl (C=O) groups is 2. The van der Waals surface area contributed by atoms with Gasteiger partial charge < -0.3 is 9.64 Å². The summed E-state index contributed by atoms with van der Waals surface area (Å²) < 4.78 is 5.59. The first-order chi connectivity index (χ1) is 15.6. The van der Waals surface area contributed by atoms with Crippen molar-refractivity contribution in [3.05, 3.63) is 63.5 Å². The summed E-state index contributed by atoms with van der Waals surface area (Å²) in [6.07, 6.45) is 6.89. The van der Waals surface area contributed by atoms with Crippen molar-refractivity contribution in [1.29, 1.82) is 0 Å². The molecule has 0 radical (unpaired) electrons. The molecule has 3 heterocycles. The Morgan fingerprint density at radius 2 is 2.06 bits per heavy atom. The number of piperidine rings is 1. The number of aromatic nitrogens is 1. The summed E-state index contributed by atoms with van der Waals surface area (Å²) in [5.74, 6) is -0.547. The summed E-state index contributed by atoms with van der Waals surface area (Å²) in [5, 5.41) is 2.84. The van der Waals surface area contributed by atoms with Crippen molar-refractivity contribution in [2.75, 3.05) is 13.2 Å². The Morgan fingerprint density at radius 1 is 1.19 bits per heavy atom. The van der Waals surface area contributed by atoms with E-state index < -0.39 is 5.97 Å². The van der Waals surface area contributed by atoms with Gasteiger partial charge in [0.25, 0.3) is 5.91 Å². The van der Waals surface area contributed by atoms with Crippen molar-refractivity contribution in [1.82, 2.24) is 9.88 Å². The molecule has 1 aliphatic carbocycles. The van der Waals surface area contributed by atoms with Crippen LogP contribution in [0.25, 0.3) is 22.6 Å². The summed E-state index contributed by atoms with van der Waals surface area (Å²) >= 11 is 1.69. The zero-order valence-corrected chi connectivity index (χ0v) is 19.0. The van der Waals surface area contributed by atoms with Gasteiger partial charge in [-0.15, -0.1) is 11.3 Å². The fourth-order valence-electron chi connectivity index (χ4n) is 4.81. The molecule has 0 N–H and O–H groups in total. The molecule has 1 amide bonds. The molecule has 3 aromatic rings. The van der Waals surface area contributed by atoms with Gasteiger partial charge in [0.05, 0.1) is 16.8 Å². The third-order valence-electron chi connectivity index (χ3n) is 6.46. The molecule has 5 nitrogen and oxygen atoms in total. The number of pyridine rings is 1. The number of nitrogens with zero attached hydrogens (tertiary/aromatic N) is 2. The minimum atomic E-state index is -0.435. The highest BCUT2D eigenvalue weighted by molar-refractivity contribution is 7.10. The SMILES string of the molecule is CC1CCCCN1C(=O)COC(=O)c1c2c(nc3ccccc13)/C(=C\c1cccs1)CC2. The lowest BCUT2D eigenvalue weighted by molar-refractivity contribution is -0.137. The van der Waals surface area contributed by atoms with Crippen LogP contribution in [0.1, 0.15) is 59.1 Å². The highest BCUT2D eigenvalue weighted by Gasteiger charge is 2.29. The van der Waals surface area contributed by atoms with Crippen LogP contribution in [0, 0.1) is 0 Å². The van der Waals surface area contributed by atoms with Gasteiger partial charge in [0.1, 0.15) is 0 Å². The number of amides is 1. The van der Waals surface area contributed by atoms with Crippen molar-refractivity contribution in [2.24, 2.45) is 0 Å². The van der Waals surface area contributed by atoms with Crippen molar-refractivity contribution < 1.29 is 14.3 Å². The topological polar surface area (TPSA) is 59.5 Å². The number of hydrogen-bond acceptors (Lipinski definition) is 5. The lowest BCUT2D eigenvalue weighted by atomic mass is 10.0. The zero-order valence-electron chi connectivity index (χ0n) is 18.2. The first kappa shape index (κ1) is 20.9. The Labute approximate surface area is 191 Å². The number of hydrogen-bond donors (Lipinski definition) is 0.